The molecule has 0 spiro atoms. The van der Waals surface area contributed by atoms with E-state index in [1.54, 1.807) is 12.3 Å². The summed E-state index contributed by atoms with van der Waals surface area (Å²) in [4.78, 5) is 9.28. The van der Waals surface area contributed by atoms with E-state index in [0.29, 0.717) is 5.56 Å². The molecular weight excluding hydrogens is 327 g/mol. The molecule has 130 valence electrons. The van der Waals surface area contributed by atoms with Gasteiger partial charge in [0.15, 0.2) is 0 Å². The van der Waals surface area contributed by atoms with Gasteiger partial charge in [0, 0.05) is 42.7 Å². The average Bonchev–Trinajstić information content (AvgIpc) is 3.34. The van der Waals surface area contributed by atoms with Crippen LogP contribution < -0.4 is 0 Å². The third-order valence-corrected chi connectivity index (χ3v) is 5.47. The molecule has 1 aromatic carbocycles. The predicted octanol–water partition coefficient (Wildman–Crippen LogP) is 4.57. The van der Waals surface area contributed by atoms with Crippen LogP contribution in [0.25, 0.3) is 28.2 Å². The van der Waals surface area contributed by atoms with Crippen LogP contribution in [0.15, 0.2) is 42.9 Å². The summed E-state index contributed by atoms with van der Waals surface area (Å²) < 4.78 is 18.3. The highest BCUT2D eigenvalue weighted by Crippen LogP contribution is 2.37. The Morgan fingerprint density at radius 2 is 1.96 bits per heavy atom. The second-order valence-corrected chi connectivity index (χ2v) is 6.94. The van der Waals surface area contributed by atoms with E-state index in [1.165, 1.54) is 0 Å². The van der Waals surface area contributed by atoms with Gasteiger partial charge in [0.1, 0.15) is 17.3 Å². The minimum atomic E-state index is -0.167. The van der Waals surface area contributed by atoms with Gasteiger partial charge in [0.2, 0.25) is 0 Å². The lowest BCUT2D eigenvalue weighted by atomic mass is 9.97. The van der Waals surface area contributed by atoms with Crippen LogP contribution in [0.4, 0.5) is 4.39 Å². The summed E-state index contributed by atoms with van der Waals surface area (Å²) in [5.41, 5.74) is 6.73. The molecule has 0 radical (unpaired) electrons. The fraction of sp³-hybridized carbons (Fsp3) is 0.238. The highest BCUT2D eigenvalue weighted by molar-refractivity contribution is 5.81. The first-order valence-electron chi connectivity index (χ1n) is 8.92. The molecule has 5 heteroatoms. The molecule has 4 nitrogen and oxygen atoms in total. The largest absolute Gasteiger partial charge is 0.327 e. The Bertz CT molecular complexity index is 1150. The van der Waals surface area contributed by atoms with Crippen LogP contribution >= 0.6 is 0 Å². The summed E-state index contributed by atoms with van der Waals surface area (Å²) in [6, 6.07) is 7.52. The summed E-state index contributed by atoms with van der Waals surface area (Å²) in [6.45, 7) is 4.77. The lowest BCUT2D eigenvalue weighted by molar-refractivity contribution is 0.617. The molecule has 1 aliphatic heterocycles. The van der Waals surface area contributed by atoms with Crippen molar-refractivity contribution in [3.8, 4) is 22.5 Å². The van der Waals surface area contributed by atoms with Crippen molar-refractivity contribution < 1.29 is 4.39 Å². The molecule has 5 rings (SSSR count). The third kappa shape index (κ3) is 2.13. The van der Waals surface area contributed by atoms with Gasteiger partial charge in [0.05, 0.1) is 11.4 Å². The highest BCUT2D eigenvalue weighted by Gasteiger charge is 2.24. The van der Waals surface area contributed by atoms with Crippen LogP contribution in [0.1, 0.15) is 23.4 Å². The summed E-state index contributed by atoms with van der Waals surface area (Å²) >= 11 is 0. The van der Waals surface area contributed by atoms with E-state index in [-0.39, 0.29) is 5.82 Å². The van der Waals surface area contributed by atoms with Crippen molar-refractivity contribution in [2.24, 2.45) is 0 Å². The zero-order valence-electron chi connectivity index (χ0n) is 14.8. The first-order chi connectivity index (χ1) is 12.6. The number of nitrogens with zero attached hydrogens (tertiary/aromatic N) is 4. The predicted molar refractivity (Wildman–Crippen MR) is 99.6 cm³/mol. The number of fused-ring (bicyclic) bond motifs is 2. The van der Waals surface area contributed by atoms with E-state index in [1.807, 2.05) is 36.6 Å². The number of rotatable bonds is 2. The van der Waals surface area contributed by atoms with Crippen molar-refractivity contribution in [2.45, 2.75) is 33.2 Å². The number of pyridine rings is 1. The van der Waals surface area contributed by atoms with E-state index < -0.39 is 0 Å². The van der Waals surface area contributed by atoms with Crippen molar-refractivity contribution in [1.29, 1.82) is 0 Å². The zero-order chi connectivity index (χ0) is 17.8. The zero-order valence-corrected chi connectivity index (χ0v) is 14.8. The van der Waals surface area contributed by atoms with Gasteiger partial charge in [-0.15, -0.1) is 0 Å². The van der Waals surface area contributed by atoms with E-state index in [2.05, 4.69) is 21.8 Å². The smallest absolute Gasteiger partial charge is 0.136 e. The van der Waals surface area contributed by atoms with Gasteiger partial charge in [-0.2, -0.15) is 0 Å². The van der Waals surface area contributed by atoms with Gasteiger partial charge in [-0.1, -0.05) is 0 Å². The molecule has 3 aromatic heterocycles. The number of aromatic nitrogens is 4. The molecule has 4 aromatic rings. The Morgan fingerprint density at radius 1 is 1.08 bits per heavy atom. The molecule has 0 bridgehead atoms. The second-order valence-electron chi connectivity index (χ2n) is 6.94. The van der Waals surface area contributed by atoms with Gasteiger partial charge in [-0.05, 0) is 55.7 Å². The van der Waals surface area contributed by atoms with Crippen LogP contribution in [0, 0.1) is 19.7 Å². The van der Waals surface area contributed by atoms with Gasteiger partial charge in [0.25, 0.3) is 0 Å². The quantitative estimate of drug-likeness (QED) is 0.533. The van der Waals surface area contributed by atoms with Crippen LogP contribution in [0.2, 0.25) is 0 Å². The number of imidazole rings is 2. The fourth-order valence-corrected chi connectivity index (χ4v) is 3.91. The fourth-order valence-electron chi connectivity index (χ4n) is 3.91. The van der Waals surface area contributed by atoms with E-state index in [0.717, 1.165) is 58.9 Å². The maximum Gasteiger partial charge on any atom is 0.136 e. The molecular formula is C21H19FN4. The summed E-state index contributed by atoms with van der Waals surface area (Å²) in [5.74, 6) is 0.946. The first-order valence-corrected chi connectivity index (χ1v) is 8.92. The molecule has 0 fully saturated rings. The summed E-state index contributed by atoms with van der Waals surface area (Å²) in [7, 11) is 0. The normalized spacial score (nSPS) is 13.5. The maximum absolute atomic E-state index is 14.0. The molecule has 0 N–H and O–H groups in total. The first kappa shape index (κ1) is 15.3. The van der Waals surface area contributed by atoms with Crippen LogP contribution in [0.5, 0.6) is 0 Å². The van der Waals surface area contributed by atoms with Crippen molar-refractivity contribution >= 4 is 5.65 Å². The number of hydrogen-bond acceptors (Lipinski definition) is 2. The number of aryl methyl sites for hydroxylation is 1. The molecule has 0 amide bonds. The highest BCUT2D eigenvalue weighted by atomic mass is 19.1. The molecule has 26 heavy (non-hydrogen) atoms. The Hall–Kier alpha value is -2.95. The van der Waals surface area contributed by atoms with Crippen molar-refractivity contribution in [3.63, 3.8) is 0 Å². The van der Waals surface area contributed by atoms with Crippen molar-refractivity contribution in [2.75, 3.05) is 0 Å². The Balaban J connectivity index is 1.79. The minimum Gasteiger partial charge on any atom is -0.327 e. The molecule has 1 aliphatic rings. The molecule has 0 atom stereocenters. The maximum atomic E-state index is 14.0. The number of hydrogen-bond donors (Lipinski definition) is 0. The van der Waals surface area contributed by atoms with Gasteiger partial charge < -0.3 is 8.97 Å². The van der Waals surface area contributed by atoms with E-state index in [9.17, 15) is 4.39 Å². The standard InChI is InChI=1S/C21H19FN4/c1-13-14(2)17(22)7-6-16(13)20-21(26-10-3-4-19(26)24-20)15-5-8-18-23-9-11-25(18)12-15/h5-9,11-12H,3-4,10H2,1-2H3. The Morgan fingerprint density at radius 3 is 2.85 bits per heavy atom. The van der Waals surface area contributed by atoms with Crippen molar-refractivity contribution in [1.82, 2.24) is 18.9 Å². The summed E-state index contributed by atoms with van der Waals surface area (Å²) in [6.07, 6.45) is 7.95. The lowest BCUT2D eigenvalue weighted by Crippen LogP contribution is -1.99. The van der Waals surface area contributed by atoms with Crippen LogP contribution in [-0.4, -0.2) is 18.9 Å². The van der Waals surface area contributed by atoms with Crippen molar-refractivity contribution in [3.05, 3.63) is 65.6 Å². The monoisotopic (exact) mass is 346 g/mol. The number of halogens is 1. The summed E-state index contributed by atoms with van der Waals surface area (Å²) in [5, 5.41) is 0. The lowest BCUT2D eigenvalue weighted by Gasteiger charge is -2.12. The van der Waals surface area contributed by atoms with E-state index >= 15 is 0 Å². The van der Waals surface area contributed by atoms with Gasteiger partial charge >= 0.3 is 0 Å². The molecule has 4 heterocycles. The molecule has 0 saturated heterocycles. The molecule has 0 saturated carbocycles. The van der Waals surface area contributed by atoms with Gasteiger partial charge in [-0.3, -0.25) is 0 Å². The van der Waals surface area contributed by atoms with E-state index in [4.69, 9.17) is 4.98 Å². The van der Waals surface area contributed by atoms with Crippen LogP contribution in [0.3, 0.4) is 0 Å². The van der Waals surface area contributed by atoms with Gasteiger partial charge in [-0.25, -0.2) is 14.4 Å². The Labute approximate surface area is 151 Å². The number of benzene rings is 1. The topological polar surface area (TPSA) is 35.1 Å². The average molecular weight is 346 g/mol. The third-order valence-electron chi connectivity index (χ3n) is 5.47. The minimum absolute atomic E-state index is 0.167. The molecule has 0 aliphatic carbocycles. The second kappa shape index (κ2) is 5.53. The van der Waals surface area contributed by atoms with Crippen LogP contribution in [-0.2, 0) is 13.0 Å². The molecule has 0 unspecified atom stereocenters. The SMILES string of the molecule is Cc1c(F)ccc(-c2nc3n(c2-c2ccc4nccn4c2)CCC3)c1C. The Kier molecular flexibility index (Phi) is 3.26.